The number of nitrogens with zero attached hydrogens (tertiary/aromatic N) is 1. The molecule has 28 heavy (non-hydrogen) atoms. The lowest BCUT2D eigenvalue weighted by molar-refractivity contribution is 0.0944. The Morgan fingerprint density at radius 1 is 0.929 bits per heavy atom. The molecule has 0 spiro atoms. The first-order valence-corrected chi connectivity index (χ1v) is 10.3. The number of para-hydroxylation sites is 1. The van der Waals surface area contributed by atoms with Crippen LogP contribution in [0.1, 0.15) is 32.9 Å². The van der Waals surface area contributed by atoms with Gasteiger partial charge in [0.1, 0.15) is 0 Å². The number of carbonyl (C=O) groups excluding carboxylic acids is 1. The first kappa shape index (κ1) is 19.9. The number of aryl methyl sites for hydroxylation is 3. The zero-order chi connectivity index (χ0) is 20.5. The summed E-state index contributed by atoms with van der Waals surface area (Å²) >= 11 is 0. The highest BCUT2D eigenvalue weighted by atomic mass is 32.2. The Kier molecular flexibility index (Phi) is 5.40. The van der Waals surface area contributed by atoms with Gasteiger partial charge in [-0.15, -0.1) is 4.83 Å². The highest BCUT2D eigenvalue weighted by Crippen LogP contribution is 2.21. The van der Waals surface area contributed by atoms with Gasteiger partial charge in [0.2, 0.25) is 0 Å². The smallest absolute Gasteiger partial charge is 0.268 e. The Hall–Kier alpha value is -2.90. The van der Waals surface area contributed by atoms with Gasteiger partial charge in [-0.1, -0.05) is 30.3 Å². The number of hydrogen-bond acceptors (Lipinski definition) is 3. The van der Waals surface area contributed by atoms with E-state index in [0.717, 1.165) is 22.6 Å². The fourth-order valence-corrected chi connectivity index (χ4v) is 4.37. The molecule has 0 atom stereocenters. The third-order valence-corrected chi connectivity index (χ3v) is 6.01. The number of sulfonamides is 1. The molecule has 0 unspecified atom stereocenters. The molecule has 1 heterocycles. The van der Waals surface area contributed by atoms with Crippen LogP contribution in [0.5, 0.6) is 0 Å². The highest BCUT2D eigenvalue weighted by Gasteiger charge is 2.21. The maximum absolute atomic E-state index is 12.6. The van der Waals surface area contributed by atoms with Gasteiger partial charge in [0.15, 0.2) is 0 Å². The van der Waals surface area contributed by atoms with Crippen molar-refractivity contribution in [3.8, 4) is 5.69 Å². The predicted molar refractivity (Wildman–Crippen MR) is 109 cm³/mol. The van der Waals surface area contributed by atoms with Crippen LogP contribution in [0.4, 0.5) is 0 Å². The first-order chi connectivity index (χ1) is 13.2. The Labute approximate surface area is 165 Å². The van der Waals surface area contributed by atoms with Crippen LogP contribution in [0.15, 0.2) is 59.5 Å². The van der Waals surface area contributed by atoms with Gasteiger partial charge in [0.05, 0.1) is 10.5 Å². The largest absolute Gasteiger partial charge is 0.318 e. The molecule has 0 fully saturated rings. The molecule has 7 heteroatoms. The number of nitrogens with one attached hydrogen (secondary N) is 2. The third kappa shape index (κ3) is 3.85. The molecule has 1 amide bonds. The standard InChI is InChI=1S/C21H23N3O3S/c1-14-10-11-15(2)20(12-14)28(26,27)23-22-21(25)19-13-16(3)24(17(19)4)18-8-6-5-7-9-18/h5-13,23H,1-4H3,(H,22,25). The molecule has 1 aromatic heterocycles. The molecule has 0 radical (unpaired) electrons. The SMILES string of the molecule is Cc1ccc(C)c(S(=O)(=O)NNC(=O)c2cc(C)n(-c3ccccc3)c2C)c1. The van der Waals surface area contributed by atoms with Gasteiger partial charge < -0.3 is 4.57 Å². The van der Waals surface area contributed by atoms with E-state index in [-0.39, 0.29) is 4.90 Å². The Morgan fingerprint density at radius 2 is 1.61 bits per heavy atom. The molecule has 146 valence electrons. The molecule has 2 aromatic carbocycles. The molecule has 0 bridgehead atoms. The summed E-state index contributed by atoms with van der Waals surface area (Å²) in [5.41, 5.74) is 6.71. The van der Waals surface area contributed by atoms with Crippen LogP contribution in [0.2, 0.25) is 0 Å². The molecule has 0 aliphatic carbocycles. The van der Waals surface area contributed by atoms with Gasteiger partial charge in [-0.2, -0.15) is 0 Å². The zero-order valence-electron chi connectivity index (χ0n) is 16.3. The van der Waals surface area contributed by atoms with Crippen LogP contribution in [0.25, 0.3) is 5.69 Å². The molecular weight excluding hydrogens is 374 g/mol. The summed E-state index contributed by atoms with van der Waals surface area (Å²) in [6, 6.07) is 16.6. The minimum absolute atomic E-state index is 0.141. The lowest BCUT2D eigenvalue weighted by Gasteiger charge is -2.12. The molecule has 0 saturated carbocycles. The van der Waals surface area contributed by atoms with Crippen LogP contribution >= 0.6 is 0 Å². The predicted octanol–water partition coefficient (Wildman–Crippen LogP) is 3.33. The summed E-state index contributed by atoms with van der Waals surface area (Å²) in [4.78, 5) is 15.0. The molecule has 6 nitrogen and oxygen atoms in total. The Balaban J connectivity index is 1.84. The minimum atomic E-state index is -3.87. The van der Waals surface area contributed by atoms with E-state index in [9.17, 15) is 13.2 Å². The number of benzene rings is 2. The fourth-order valence-electron chi connectivity index (χ4n) is 3.20. The van der Waals surface area contributed by atoms with Crippen LogP contribution in [-0.4, -0.2) is 18.9 Å². The van der Waals surface area contributed by atoms with Crippen molar-refractivity contribution >= 4 is 15.9 Å². The van der Waals surface area contributed by atoms with E-state index < -0.39 is 15.9 Å². The van der Waals surface area contributed by atoms with Crippen molar-refractivity contribution in [1.82, 2.24) is 14.8 Å². The fraction of sp³-hybridized carbons (Fsp3) is 0.190. The average molecular weight is 398 g/mol. The van der Waals surface area contributed by atoms with Gasteiger partial charge in [-0.25, -0.2) is 8.42 Å². The van der Waals surface area contributed by atoms with Crippen LogP contribution in [-0.2, 0) is 10.0 Å². The van der Waals surface area contributed by atoms with Crippen LogP contribution in [0.3, 0.4) is 0 Å². The van der Waals surface area contributed by atoms with E-state index in [2.05, 4.69) is 10.3 Å². The van der Waals surface area contributed by atoms with Gasteiger partial charge >= 0.3 is 0 Å². The molecule has 3 aromatic rings. The van der Waals surface area contributed by atoms with Gasteiger partial charge in [0.25, 0.3) is 15.9 Å². The third-order valence-electron chi connectivity index (χ3n) is 4.62. The lowest BCUT2D eigenvalue weighted by Crippen LogP contribution is -2.41. The molecular formula is C21H23N3O3S. The average Bonchev–Trinajstić information content (AvgIpc) is 2.96. The molecule has 0 aliphatic rings. The number of aromatic nitrogens is 1. The van der Waals surface area contributed by atoms with Crippen molar-refractivity contribution in [1.29, 1.82) is 0 Å². The van der Waals surface area contributed by atoms with Crippen molar-refractivity contribution in [2.24, 2.45) is 0 Å². The number of amides is 1. The second-order valence-corrected chi connectivity index (χ2v) is 8.44. The summed E-state index contributed by atoms with van der Waals surface area (Å²) in [7, 11) is -3.87. The molecule has 2 N–H and O–H groups in total. The Bertz CT molecular complexity index is 1130. The molecule has 0 aliphatic heterocycles. The summed E-state index contributed by atoms with van der Waals surface area (Å²) in [5, 5.41) is 0. The van der Waals surface area contributed by atoms with E-state index >= 15 is 0 Å². The van der Waals surface area contributed by atoms with Crippen molar-refractivity contribution in [3.63, 3.8) is 0 Å². The zero-order valence-corrected chi connectivity index (χ0v) is 17.1. The quantitative estimate of drug-likeness (QED) is 0.648. The second-order valence-electron chi connectivity index (χ2n) is 6.78. The number of carbonyl (C=O) groups is 1. The lowest BCUT2D eigenvalue weighted by atomic mass is 10.2. The Morgan fingerprint density at radius 3 is 2.29 bits per heavy atom. The first-order valence-electron chi connectivity index (χ1n) is 8.84. The van der Waals surface area contributed by atoms with Crippen LogP contribution in [0, 0.1) is 27.7 Å². The number of hydrazine groups is 1. The maximum Gasteiger partial charge on any atom is 0.268 e. The molecule has 0 saturated heterocycles. The number of hydrogen-bond donors (Lipinski definition) is 2. The van der Waals surface area contributed by atoms with E-state index in [1.54, 1.807) is 25.1 Å². The minimum Gasteiger partial charge on any atom is -0.318 e. The molecule has 3 rings (SSSR count). The van der Waals surface area contributed by atoms with E-state index in [4.69, 9.17) is 0 Å². The monoisotopic (exact) mass is 397 g/mol. The van der Waals surface area contributed by atoms with Crippen molar-refractivity contribution in [3.05, 3.63) is 82.7 Å². The van der Waals surface area contributed by atoms with Crippen molar-refractivity contribution < 1.29 is 13.2 Å². The summed E-state index contributed by atoms with van der Waals surface area (Å²) < 4.78 is 27.1. The van der Waals surface area contributed by atoms with Gasteiger partial charge in [0, 0.05) is 17.1 Å². The van der Waals surface area contributed by atoms with Crippen molar-refractivity contribution in [2.75, 3.05) is 0 Å². The number of rotatable bonds is 5. The van der Waals surface area contributed by atoms with Gasteiger partial charge in [-0.3, -0.25) is 10.2 Å². The van der Waals surface area contributed by atoms with Crippen LogP contribution < -0.4 is 10.3 Å². The summed E-state index contributed by atoms with van der Waals surface area (Å²) in [5.74, 6) is -0.510. The normalized spacial score (nSPS) is 11.4. The van der Waals surface area contributed by atoms with E-state index in [1.807, 2.05) is 61.7 Å². The topological polar surface area (TPSA) is 80.2 Å². The second kappa shape index (κ2) is 7.61. The van der Waals surface area contributed by atoms with Gasteiger partial charge in [-0.05, 0) is 63.1 Å². The highest BCUT2D eigenvalue weighted by molar-refractivity contribution is 7.89. The maximum atomic E-state index is 12.6. The summed E-state index contributed by atoms with van der Waals surface area (Å²) in [6.07, 6.45) is 0. The van der Waals surface area contributed by atoms with E-state index in [1.165, 1.54) is 0 Å². The summed E-state index contributed by atoms with van der Waals surface area (Å²) in [6.45, 7) is 7.25. The van der Waals surface area contributed by atoms with Crippen molar-refractivity contribution in [2.45, 2.75) is 32.6 Å². The van der Waals surface area contributed by atoms with E-state index in [0.29, 0.717) is 11.1 Å².